The van der Waals surface area contributed by atoms with Gasteiger partial charge in [-0.05, 0) is 35.0 Å². The van der Waals surface area contributed by atoms with E-state index in [1.54, 1.807) is 23.1 Å². The Kier molecular flexibility index (Phi) is 5.59. The van der Waals surface area contributed by atoms with E-state index in [4.69, 9.17) is 4.74 Å². The van der Waals surface area contributed by atoms with Gasteiger partial charge in [0.15, 0.2) is 0 Å². The highest BCUT2D eigenvalue weighted by molar-refractivity contribution is 9.11. The number of carbonyl (C=O) groups excluding carboxylic acids is 1. The van der Waals surface area contributed by atoms with E-state index in [1.807, 2.05) is 13.0 Å². The molecule has 1 rings (SSSR count). The summed E-state index contributed by atoms with van der Waals surface area (Å²) in [6.45, 7) is 2.28. The van der Waals surface area contributed by atoms with Crippen LogP contribution >= 0.6 is 39.0 Å². The largest absolute Gasteiger partial charge is 0.465 e. The Morgan fingerprint density at radius 1 is 1.64 bits per heavy atom. The maximum Gasteiger partial charge on any atom is 0.315 e. The van der Waals surface area contributed by atoms with Crippen molar-refractivity contribution in [3.8, 4) is 0 Å². The Labute approximate surface area is 100 Å². The van der Waals surface area contributed by atoms with Crippen molar-refractivity contribution in [2.24, 2.45) is 0 Å². The Morgan fingerprint density at radius 3 is 3.00 bits per heavy atom. The van der Waals surface area contributed by atoms with Crippen molar-refractivity contribution in [2.45, 2.75) is 12.7 Å². The number of rotatable bonds is 5. The summed E-state index contributed by atoms with van der Waals surface area (Å²) >= 11 is 6.67. The lowest BCUT2D eigenvalue weighted by molar-refractivity contribution is -0.139. The fourth-order valence-electron chi connectivity index (χ4n) is 0.867. The second kappa shape index (κ2) is 6.48. The van der Waals surface area contributed by atoms with Crippen LogP contribution in [0.15, 0.2) is 15.9 Å². The molecule has 0 atom stereocenters. The minimum Gasteiger partial charge on any atom is -0.465 e. The molecule has 0 radical (unpaired) electrons. The molecule has 0 aromatic carbocycles. The van der Waals surface area contributed by atoms with E-state index in [-0.39, 0.29) is 5.97 Å². The van der Waals surface area contributed by atoms with Crippen LogP contribution in [0, 0.1) is 0 Å². The van der Waals surface area contributed by atoms with Gasteiger partial charge in [-0.3, -0.25) is 4.79 Å². The summed E-state index contributed by atoms with van der Waals surface area (Å²) in [7, 11) is 0. The van der Waals surface area contributed by atoms with E-state index < -0.39 is 0 Å². The van der Waals surface area contributed by atoms with Crippen LogP contribution < -0.4 is 0 Å². The van der Waals surface area contributed by atoms with Gasteiger partial charge in [0.25, 0.3) is 0 Å². The van der Waals surface area contributed by atoms with Crippen LogP contribution in [0.2, 0.25) is 0 Å². The molecule has 0 aliphatic rings. The number of ether oxygens (including phenoxy) is 1. The number of hydrogen-bond donors (Lipinski definition) is 0. The van der Waals surface area contributed by atoms with Crippen LogP contribution in [0.3, 0.4) is 0 Å². The number of halogens is 1. The maximum atomic E-state index is 11.0. The predicted molar refractivity (Wildman–Crippen MR) is 64.8 cm³/mol. The smallest absolute Gasteiger partial charge is 0.315 e. The summed E-state index contributed by atoms with van der Waals surface area (Å²) in [6.07, 6.45) is 0. The van der Waals surface area contributed by atoms with Crippen molar-refractivity contribution in [2.75, 3.05) is 12.4 Å². The summed E-state index contributed by atoms with van der Waals surface area (Å²) < 4.78 is 5.95. The molecule has 0 aliphatic carbocycles. The van der Waals surface area contributed by atoms with Gasteiger partial charge in [-0.15, -0.1) is 23.1 Å². The molecule has 1 aromatic rings. The molecule has 0 aliphatic heterocycles. The molecule has 0 bridgehead atoms. The third kappa shape index (κ3) is 4.48. The van der Waals surface area contributed by atoms with Gasteiger partial charge in [0.2, 0.25) is 0 Å². The first-order valence-corrected chi connectivity index (χ1v) is 6.96. The molecular weight excluding hydrogens is 284 g/mol. The van der Waals surface area contributed by atoms with Gasteiger partial charge in [0.05, 0.1) is 16.1 Å². The molecule has 2 nitrogen and oxygen atoms in total. The molecule has 0 N–H and O–H groups in total. The van der Waals surface area contributed by atoms with Crippen LogP contribution in [0.5, 0.6) is 0 Å². The van der Waals surface area contributed by atoms with E-state index in [1.165, 1.54) is 4.88 Å². The Bertz CT molecular complexity index is 299. The lowest BCUT2D eigenvalue weighted by atomic mass is 10.5. The summed E-state index contributed by atoms with van der Waals surface area (Å²) in [5.41, 5.74) is 0. The van der Waals surface area contributed by atoms with Crippen LogP contribution in [0.4, 0.5) is 0 Å². The van der Waals surface area contributed by atoms with Crippen molar-refractivity contribution in [3.05, 3.63) is 20.8 Å². The third-order valence-corrected chi connectivity index (χ3v) is 4.16. The predicted octanol–water partition coefficient (Wildman–Crippen LogP) is 3.31. The number of thioether (sulfide) groups is 1. The molecule has 0 spiro atoms. The zero-order chi connectivity index (χ0) is 10.4. The first-order valence-electron chi connectivity index (χ1n) is 4.20. The molecule has 1 heterocycles. The second-order valence-corrected chi connectivity index (χ2v) is 6.04. The van der Waals surface area contributed by atoms with Gasteiger partial charge in [-0.25, -0.2) is 0 Å². The summed E-state index contributed by atoms with van der Waals surface area (Å²) in [6, 6.07) is 4.08. The number of carbonyl (C=O) groups is 1. The normalized spacial score (nSPS) is 10.1. The van der Waals surface area contributed by atoms with Gasteiger partial charge in [-0.1, -0.05) is 0 Å². The average molecular weight is 295 g/mol. The van der Waals surface area contributed by atoms with Crippen LogP contribution in [0.1, 0.15) is 11.8 Å². The van der Waals surface area contributed by atoms with Gasteiger partial charge in [-0.2, -0.15) is 0 Å². The fourth-order valence-corrected chi connectivity index (χ4v) is 3.28. The lowest BCUT2D eigenvalue weighted by Gasteiger charge is -2.00. The summed E-state index contributed by atoms with van der Waals surface area (Å²) in [4.78, 5) is 12.3. The monoisotopic (exact) mass is 294 g/mol. The number of esters is 1. The van der Waals surface area contributed by atoms with Crippen molar-refractivity contribution in [3.63, 3.8) is 0 Å². The molecule has 5 heteroatoms. The molecule has 0 saturated heterocycles. The zero-order valence-electron chi connectivity index (χ0n) is 7.79. The molecule has 0 amide bonds. The second-order valence-electron chi connectivity index (χ2n) is 2.50. The first-order chi connectivity index (χ1) is 6.72. The van der Waals surface area contributed by atoms with Gasteiger partial charge >= 0.3 is 5.97 Å². The van der Waals surface area contributed by atoms with Gasteiger partial charge < -0.3 is 4.74 Å². The summed E-state index contributed by atoms with van der Waals surface area (Å²) in [5, 5.41) is 0. The molecule has 78 valence electrons. The summed E-state index contributed by atoms with van der Waals surface area (Å²) in [5.74, 6) is 1.17. The van der Waals surface area contributed by atoms with Crippen LogP contribution in [-0.2, 0) is 15.3 Å². The average Bonchev–Trinajstić information content (AvgIpc) is 2.52. The quantitative estimate of drug-likeness (QED) is 0.780. The first kappa shape index (κ1) is 12.1. The molecular formula is C9H11BrO2S2. The number of thiophene rings is 1. The SMILES string of the molecule is CCOC(=O)CSCc1ccc(Br)s1. The molecule has 14 heavy (non-hydrogen) atoms. The van der Waals surface area contributed by atoms with Crippen molar-refractivity contribution in [1.29, 1.82) is 0 Å². The van der Waals surface area contributed by atoms with E-state index in [2.05, 4.69) is 22.0 Å². The highest BCUT2D eigenvalue weighted by atomic mass is 79.9. The van der Waals surface area contributed by atoms with Crippen LogP contribution in [0.25, 0.3) is 0 Å². The highest BCUT2D eigenvalue weighted by Gasteiger charge is 2.03. The minimum absolute atomic E-state index is 0.131. The van der Waals surface area contributed by atoms with Crippen molar-refractivity contribution >= 4 is 45.0 Å². The topological polar surface area (TPSA) is 26.3 Å². The van der Waals surface area contributed by atoms with E-state index >= 15 is 0 Å². The van der Waals surface area contributed by atoms with E-state index in [9.17, 15) is 4.79 Å². The standard InChI is InChI=1S/C9H11BrO2S2/c1-2-12-9(11)6-13-5-7-3-4-8(10)14-7/h3-4H,2,5-6H2,1H3. The Hall–Kier alpha value is -0.0000000000000000833. The zero-order valence-corrected chi connectivity index (χ0v) is 11.0. The lowest BCUT2D eigenvalue weighted by Crippen LogP contribution is -2.06. The highest BCUT2D eigenvalue weighted by Crippen LogP contribution is 2.25. The van der Waals surface area contributed by atoms with E-state index in [0.29, 0.717) is 12.4 Å². The maximum absolute atomic E-state index is 11.0. The molecule has 0 fully saturated rings. The van der Waals surface area contributed by atoms with E-state index in [0.717, 1.165) is 9.54 Å². The Balaban J connectivity index is 2.18. The fraction of sp³-hybridized carbons (Fsp3) is 0.444. The third-order valence-electron chi connectivity index (χ3n) is 1.40. The van der Waals surface area contributed by atoms with Gasteiger partial charge in [0.1, 0.15) is 0 Å². The van der Waals surface area contributed by atoms with Crippen molar-refractivity contribution in [1.82, 2.24) is 0 Å². The Morgan fingerprint density at radius 2 is 2.43 bits per heavy atom. The van der Waals surface area contributed by atoms with Gasteiger partial charge in [0, 0.05) is 10.6 Å². The minimum atomic E-state index is -0.131. The van der Waals surface area contributed by atoms with Crippen LogP contribution in [-0.4, -0.2) is 18.3 Å². The molecule has 1 aromatic heterocycles. The molecule has 0 saturated carbocycles. The van der Waals surface area contributed by atoms with Crippen molar-refractivity contribution < 1.29 is 9.53 Å². The number of hydrogen-bond acceptors (Lipinski definition) is 4. The molecule has 0 unspecified atom stereocenters.